The molecule has 0 aromatic carbocycles. The van der Waals surface area contributed by atoms with Crippen molar-refractivity contribution >= 4 is 0 Å². The van der Waals surface area contributed by atoms with Crippen LogP contribution in [-0.2, 0) is 0 Å². The Balaban J connectivity index is 1.73. The van der Waals surface area contributed by atoms with Crippen LogP contribution in [0, 0.1) is 17.8 Å². The van der Waals surface area contributed by atoms with Gasteiger partial charge in [0.25, 0.3) is 0 Å². The second-order valence-corrected chi connectivity index (χ2v) is 6.57. The van der Waals surface area contributed by atoms with Crippen molar-refractivity contribution in [2.24, 2.45) is 17.8 Å². The molecule has 2 rings (SSSR count). The zero-order valence-corrected chi connectivity index (χ0v) is 12.8. The summed E-state index contributed by atoms with van der Waals surface area (Å²) in [6, 6.07) is 0. The second kappa shape index (κ2) is 7.12. The van der Waals surface area contributed by atoms with E-state index in [4.69, 9.17) is 0 Å². The standard InChI is InChI=1S/C19H30/c1-4-6-7-8-9-10-16-12-19-14-18(16)13-17(19)11-15(3)5-2/h4-5,11,16,18-19H,1,6-10,12-14H2,2-3H3. The first kappa shape index (κ1) is 14.6. The monoisotopic (exact) mass is 258 g/mol. The maximum Gasteiger partial charge on any atom is -0.0194 e. The van der Waals surface area contributed by atoms with E-state index in [1.54, 1.807) is 5.57 Å². The Bertz CT molecular complexity index is 358. The van der Waals surface area contributed by atoms with Crippen LogP contribution in [0.25, 0.3) is 0 Å². The van der Waals surface area contributed by atoms with Crippen LogP contribution in [0.5, 0.6) is 0 Å². The fraction of sp³-hybridized carbons (Fsp3) is 0.684. The Morgan fingerprint density at radius 3 is 2.74 bits per heavy atom. The van der Waals surface area contributed by atoms with E-state index in [0.29, 0.717) is 0 Å². The van der Waals surface area contributed by atoms with E-state index in [-0.39, 0.29) is 0 Å². The summed E-state index contributed by atoms with van der Waals surface area (Å²) in [7, 11) is 0. The number of hydrogen-bond acceptors (Lipinski definition) is 0. The van der Waals surface area contributed by atoms with E-state index >= 15 is 0 Å². The van der Waals surface area contributed by atoms with Crippen molar-refractivity contribution in [3.05, 3.63) is 36.0 Å². The lowest BCUT2D eigenvalue weighted by Crippen LogP contribution is -2.12. The van der Waals surface area contributed by atoms with Gasteiger partial charge in [-0.15, -0.1) is 6.58 Å². The average molecular weight is 258 g/mol. The van der Waals surface area contributed by atoms with Crippen LogP contribution in [-0.4, -0.2) is 0 Å². The number of rotatable bonds is 7. The van der Waals surface area contributed by atoms with Gasteiger partial charge in [0.2, 0.25) is 0 Å². The van der Waals surface area contributed by atoms with Crippen molar-refractivity contribution in [2.45, 2.75) is 65.2 Å². The first-order valence-corrected chi connectivity index (χ1v) is 8.18. The SMILES string of the molecule is C=CCCCCCC1CC2CC1CC2=CC(C)=CC. The van der Waals surface area contributed by atoms with Crippen molar-refractivity contribution in [2.75, 3.05) is 0 Å². The minimum absolute atomic E-state index is 0.929. The zero-order chi connectivity index (χ0) is 13.7. The molecule has 0 aliphatic heterocycles. The maximum absolute atomic E-state index is 3.80. The molecule has 0 nitrogen and oxygen atoms in total. The Labute approximate surface area is 119 Å². The molecule has 0 N–H and O–H groups in total. The molecule has 0 heterocycles. The van der Waals surface area contributed by atoms with Crippen molar-refractivity contribution in [1.29, 1.82) is 0 Å². The lowest BCUT2D eigenvalue weighted by Gasteiger charge is -2.23. The van der Waals surface area contributed by atoms with E-state index in [1.165, 1.54) is 56.9 Å². The van der Waals surface area contributed by atoms with Crippen LogP contribution < -0.4 is 0 Å². The van der Waals surface area contributed by atoms with Crippen LogP contribution >= 0.6 is 0 Å². The van der Waals surface area contributed by atoms with Crippen LogP contribution in [0.4, 0.5) is 0 Å². The molecule has 2 aliphatic carbocycles. The predicted octanol–water partition coefficient (Wildman–Crippen LogP) is 6.06. The molecule has 2 fully saturated rings. The Kier molecular flexibility index (Phi) is 5.48. The molecule has 106 valence electrons. The number of allylic oxidation sites excluding steroid dienone is 5. The van der Waals surface area contributed by atoms with Gasteiger partial charge >= 0.3 is 0 Å². The molecule has 0 saturated heterocycles. The van der Waals surface area contributed by atoms with Crippen LogP contribution in [0.2, 0.25) is 0 Å². The number of unbranched alkanes of at least 4 members (excludes halogenated alkanes) is 3. The summed E-state index contributed by atoms with van der Waals surface area (Å²) in [5.41, 5.74) is 3.20. The van der Waals surface area contributed by atoms with E-state index in [2.05, 4.69) is 38.7 Å². The summed E-state index contributed by atoms with van der Waals surface area (Å²) in [5, 5.41) is 0. The lowest BCUT2D eigenvalue weighted by atomic mass is 9.82. The molecule has 2 saturated carbocycles. The summed E-state index contributed by atoms with van der Waals surface area (Å²) in [6.07, 6.45) is 18.0. The minimum atomic E-state index is 0.929. The lowest BCUT2D eigenvalue weighted by molar-refractivity contribution is 0.336. The molecule has 19 heavy (non-hydrogen) atoms. The van der Waals surface area contributed by atoms with Crippen LogP contribution in [0.3, 0.4) is 0 Å². The molecule has 0 amide bonds. The molecule has 2 aliphatic rings. The third-order valence-corrected chi connectivity index (χ3v) is 5.22. The Morgan fingerprint density at radius 1 is 1.26 bits per heavy atom. The smallest absolute Gasteiger partial charge is 0.0194 e. The van der Waals surface area contributed by atoms with Gasteiger partial charge in [-0.3, -0.25) is 0 Å². The molecule has 3 unspecified atom stereocenters. The molecule has 0 aromatic rings. The zero-order valence-electron chi connectivity index (χ0n) is 12.8. The summed E-state index contributed by atoms with van der Waals surface area (Å²) in [4.78, 5) is 0. The first-order valence-electron chi connectivity index (χ1n) is 8.18. The van der Waals surface area contributed by atoms with Gasteiger partial charge in [-0.1, -0.05) is 48.6 Å². The summed E-state index contributed by atoms with van der Waals surface area (Å²) in [6.45, 7) is 8.17. The fourth-order valence-electron chi connectivity index (χ4n) is 4.01. The highest BCUT2D eigenvalue weighted by Gasteiger charge is 2.41. The van der Waals surface area contributed by atoms with Crippen LogP contribution in [0.1, 0.15) is 65.2 Å². The number of hydrogen-bond donors (Lipinski definition) is 0. The highest BCUT2D eigenvalue weighted by atomic mass is 14.5. The molecule has 3 atom stereocenters. The van der Waals surface area contributed by atoms with Crippen molar-refractivity contribution in [1.82, 2.24) is 0 Å². The highest BCUT2D eigenvalue weighted by molar-refractivity contribution is 5.27. The van der Waals surface area contributed by atoms with E-state index in [0.717, 1.165) is 17.8 Å². The van der Waals surface area contributed by atoms with E-state index in [9.17, 15) is 0 Å². The topological polar surface area (TPSA) is 0 Å². The fourth-order valence-corrected chi connectivity index (χ4v) is 4.01. The van der Waals surface area contributed by atoms with E-state index < -0.39 is 0 Å². The Hall–Kier alpha value is -0.780. The van der Waals surface area contributed by atoms with Crippen molar-refractivity contribution in [3.8, 4) is 0 Å². The predicted molar refractivity (Wildman–Crippen MR) is 85.1 cm³/mol. The third-order valence-electron chi connectivity index (χ3n) is 5.22. The van der Waals surface area contributed by atoms with Gasteiger partial charge in [-0.2, -0.15) is 0 Å². The third kappa shape index (κ3) is 3.84. The molecule has 0 radical (unpaired) electrons. The highest BCUT2D eigenvalue weighted by Crippen LogP contribution is 2.53. The second-order valence-electron chi connectivity index (χ2n) is 6.57. The minimum Gasteiger partial charge on any atom is -0.103 e. The van der Waals surface area contributed by atoms with E-state index in [1.807, 2.05) is 0 Å². The summed E-state index contributed by atoms with van der Waals surface area (Å²) >= 11 is 0. The first-order chi connectivity index (χ1) is 9.24. The summed E-state index contributed by atoms with van der Waals surface area (Å²) in [5.74, 6) is 2.98. The van der Waals surface area contributed by atoms with Gasteiger partial charge < -0.3 is 0 Å². The van der Waals surface area contributed by atoms with Gasteiger partial charge in [0.05, 0.1) is 0 Å². The summed E-state index contributed by atoms with van der Waals surface area (Å²) < 4.78 is 0. The molecule has 0 heteroatoms. The average Bonchev–Trinajstić information content (AvgIpc) is 2.98. The van der Waals surface area contributed by atoms with Crippen molar-refractivity contribution < 1.29 is 0 Å². The molecule has 0 aromatic heterocycles. The molecule has 2 bridgehead atoms. The quantitative estimate of drug-likeness (QED) is 0.384. The molecular formula is C19H30. The number of fused-ring (bicyclic) bond motifs is 2. The maximum atomic E-state index is 3.80. The van der Waals surface area contributed by atoms with Gasteiger partial charge in [-0.05, 0) is 63.7 Å². The van der Waals surface area contributed by atoms with Gasteiger partial charge in [0, 0.05) is 0 Å². The van der Waals surface area contributed by atoms with Gasteiger partial charge in [-0.25, -0.2) is 0 Å². The Morgan fingerprint density at radius 2 is 2.11 bits per heavy atom. The van der Waals surface area contributed by atoms with Gasteiger partial charge in [0.15, 0.2) is 0 Å². The molecular weight excluding hydrogens is 228 g/mol. The molecule has 0 spiro atoms. The largest absolute Gasteiger partial charge is 0.103 e. The van der Waals surface area contributed by atoms with Crippen LogP contribution in [0.15, 0.2) is 36.0 Å². The normalized spacial score (nSPS) is 32.2. The van der Waals surface area contributed by atoms with Gasteiger partial charge in [0.1, 0.15) is 0 Å². The van der Waals surface area contributed by atoms with Crippen molar-refractivity contribution in [3.63, 3.8) is 0 Å².